The topological polar surface area (TPSA) is 96.0 Å². The van der Waals surface area contributed by atoms with E-state index in [-0.39, 0.29) is 23.4 Å². The number of nitrogens with one attached hydrogen (secondary N) is 1. The number of carbonyl (C=O) groups is 2. The third-order valence-electron chi connectivity index (χ3n) is 7.57. The van der Waals surface area contributed by atoms with Crippen LogP contribution in [0.25, 0.3) is 0 Å². The molecule has 1 N–H and O–H groups in total. The molecule has 0 unspecified atom stereocenters. The van der Waals surface area contributed by atoms with E-state index in [4.69, 9.17) is 4.74 Å². The van der Waals surface area contributed by atoms with Gasteiger partial charge in [0, 0.05) is 12.6 Å². The van der Waals surface area contributed by atoms with Crippen molar-refractivity contribution in [3.63, 3.8) is 0 Å². The highest BCUT2D eigenvalue weighted by Gasteiger charge is 2.34. The maximum atomic E-state index is 14.2. The molecule has 0 aliphatic carbocycles. The number of para-hydroxylation sites is 1. The summed E-state index contributed by atoms with van der Waals surface area (Å²) in [6.45, 7) is 7.25. The maximum Gasteiger partial charge on any atom is 0.264 e. The normalized spacial score (nSPS) is 12.5. The highest BCUT2D eigenvalue weighted by atomic mass is 32.2. The Balaban J connectivity index is 1.71. The molecule has 4 rings (SSSR count). The molecule has 0 saturated carbocycles. The Hall–Kier alpha value is -4.63. The summed E-state index contributed by atoms with van der Waals surface area (Å²) >= 11 is 0. The van der Waals surface area contributed by atoms with Gasteiger partial charge in [-0.1, -0.05) is 80.1 Å². The van der Waals surface area contributed by atoms with Crippen LogP contribution >= 0.6 is 0 Å². The van der Waals surface area contributed by atoms with Gasteiger partial charge in [0.1, 0.15) is 24.1 Å². The first kappa shape index (κ1) is 33.3. The van der Waals surface area contributed by atoms with Gasteiger partial charge in [0.2, 0.25) is 11.8 Å². The van der Waals surface area contributed by atoms with Crippen LogP contribution in [0.4, 0.5) is 5.69 Å². The third kappa shape index (κ3) is 8.73. The van der Waals surface area contributed by atoms with Gasteiger partial charge in [-0.15, -0.1) is 0 Å². The van der Waals surface area contributed by atoms with Crippen LogP contribution in [0.3, 0.4) is 0 Å². The van der Waals surface area contributed by atoms with Crippen molar-refractivity contribution in [2.24, 2.45) is 0 Å². The monoisotopic (exact) mass is 627 g/mol. The number of nitrogens with zero attached hydrogens (tertiary/aromatic N) is 2. The minimum absolute atomic E-state index is 0.0571. The van der Waals surface area contributed by atoms with E-state index < -0.39 is 28.5 Å². The zero-order chi connectivity index (χ0) is 32.4. The molecule has 0 heterocycles. The van der Waals surface area contributed by atoms with Crippen LogP contribution in [-0.2, 0) is 26.2 Å². The van der Waals surface area contributed by atoms with Crippen molar-refractivity contribution in [2.75, 3.05) is 10.8 Å². The number of hydrogen-bond acceptors (Lipinski definition) is 5. The predicted octanol–water partition coefficient (Wildman–Crippen LogP) is 6.70. The highest BCUT2D eigenvalue weighted by molar-refractivity contribution is 7.92. The van der Waals surface area contributed by atoms with Crippen LogP contribution < -0.4 is 14.4 Å². The summed E-state index contributed by atoms with van der Waals surface area (Å²) in [5, 5.41) is 3.00. The SMILES string of the molecule is CC[C@@H](C)NC(=O)[C@@H](CC)N(Cc1ccccc1)C(=O)CN(c1ccc(Oc2ccccc2)cc1)S(=O)(=O)c1ccc(C)cc1. The van der Waals surface area contributed by atoms with Crippen molar-refractivity contribution in [2.45, 2.75) is 64.1 Å². The average molecular weight is 628 g/mol. The number of benzene rings is 4. The zero-order valence-electron chi connectivity index (χ0n) is 26.2. The molecule has 8 nitrogen and oxygen atoms in total. The Morgan fingerprint density at radius 1 is 0.778 bits per heavy atom. The average Bonchev–Trinajstić information content (AvgIpc) is 3.05. The molecule has 236 valence electrons. The molecule has 0 aliphatic heterocycles. The fourth-order valence-corrected chi connectivity index (χ4v) is 6.23. The molecule has 45 heavy (non-hydrogen) atoms. The predicted molar refractivity (Wildman–Crippen MR) is 178 cm³/mol. The van der Waals surface area contributed by atoms with E-state index in [1.54, 1.807) is 36.4 Å². The van der Waals surface area contributed by atoms with E-state index in [0.29, 0.717) is 23.6 Å². The van der Waals surface area contributed by atoms with Gasteiger partial charge in [0.25, 0.3) is 10.0 Å². The lowest BCUT2D eigenvalue weighted by Gasteiger charge is -2.33. The van der Waals surface area contributed by atoms with Crippen LogP contribution in [-0.4, -0.2) is 43.8 Å². The minimum Gasteiger partial charge on any atom is -0.457 e. The van der Waals surface area contributed by atoms with Gasteiger partial charge in [0.05, 0.1) is 10.6 Å². The largest absolute Gasteiger partial charge is 0.457 e. The van der Waals surface area contributed by atoms with Gasteiger partial charge >= 0.3 is 0 Å². The lowest BCUT2D eigenvalue weighted by Crippen LogP contribution is -2.53. The number of sulfonamides is 1. The molecule has 0 fully saturated rings. The van der Waals surface area contributed by atoms with Gasteiger partial charge in [-0.25, -0.2) is 8.42 Å². The molecule has 2 amide bonds. The van der Waals surface area contributed by atoms with Crippen LogP contribution in [0.5, 0.6) is 11.5 Å². The van der Waals surface area contributed by atoms with Gasteiger partial charge in [-0.2, -0.15) is 0 Å². The van der Waals surface area contributed by atoms with E-state index >= 15 is 0 Å². The van der Waals surface area contributed by atoms with E-state index in [1.807, 2.05) is 88.4 Å². The van der Waals surface area contributed by atoms with Crippen LogP contribution in [0, 0.1) is 6.92 Å². The number of anilines is 1. The lowest BCUT2D eigenvalue weighted by molar-refractivity contribution is -0.140. The summed E-state index contributed by atoms with van der Waals surface area (Å²) < 4.78 is 35.3. The molecule has 4 aromatic rings. The Morgan fingerprint density at radius 3 is 1.93 bits per heavy atom. The molecule has 0 bridgehead atoms. The summed E-state index contributed by atoms with van der Waals surface area (Å²) in [4.78, 5) is 29.2. The van der Waals surface area contributed by atoms with Crippen LogP contribution in [0.2, 0.25) is 0 Å². The Labute approximate surface area is 266 Å². The molecule has 0 saturated heterocycles. The molecular weight excluding hydrogens is 586 g/mol. The smallest absolute Gasteiger partial charge is 0.264 e. The summed E-state index contributed by atoms with van der Waals surface area (Å²) in [5.74, 6) is 0.390. The van der Waals surface area contributed by atoms with Crippen molar-refractivity contribution < 1.29 is 22.7 Å². The van der Waals surface area contributed by atoms with Crippen molar-refractivity contribution >= 4 is 27.5 Å². The highest BCUT2D eigenvalue weighted by Crippen LogP contribution is 2.29. The van der Waals surface area contributed by atoms with Crippen LogP contribution in [0.15, 0.2) is 114 Å². The molecule has 0 aliphatic rings. The summed E-state index contributed by atoms with van der Waals surface area (Å²) in [6.07, 6.45) is 1.10. The Bertz CT molecular complexity index is 1640. The number of hydrogen-bond donors (Lipinski definition) is 1. The van der Waals surface area contributed by atoms with Gasteiger partial charge in [-0.3, -0.25) is 13.9 Å². The number of amides is 2. The first-order valence-corrected chi connectivity index (χ1v) is 16.6. The minimum atomic E-state index is -4.18. The quantitative estimate of drug-likeness (QED) is 0.168. The molecule has 0 radical (unpaired) electrons. The van der Waals surface area contributed by atoms with E-state index in [0.717, 1.165) is 21.9 Å². The second kappa shape index (κ2) is 15.4. The van der Waals surface area contributed by atoms with Gasteiger partial charge in [-0.05, 0) is 80.8 Å². The van der Waals surface area contributed by atoms with Crippen molar-refractivity contribution in [3.05, 3.63) is 120 Å². The maximum absolute atomic E-state index is 14.2. The lowest BCUT2D eigenvalue weighted by atomic mass is 10.1. The van der Waals surface area contributed by atoms with E-state index in [1.165, 1.54) is 17.0 Å². The second-order valence-electron chi connectivity index (χ2n) is 11.0. The molecule has 2 atom stereocenters. The Morgan fingerprint density at radius 2 is 1.36 bits per heavy atom. The van der Waals surface area contributed by atoms with Crippen LogP contribution in [0.1, 0.15) is 44.7 Å². The summed E-state index contributed by atoms with van der Waals surface area (Å²) in [7, 11) is -4.18. The summed E-state index contributed by atoms with van der Waals surface area (Å²) in [5.41, 5.74) is 2.03. The first-order valence-electron chi connectivity index (χ1n) is 15.2. The molecule has 9 heteroatoms. The number of aryl methyl sites for hydroxylation is 1. The van der Waals surface area contributed by atoms with E-state index in [2.05, 4.69) is 5.32 Å². The van der Waals surface area contributed by atoms with E-state index in [9.17, 15) is 18.0 Å². The number of ether oxygens (including phenoxy) is 1. The number of carbonyl (C=O) groups excluding carboxylic acids is 2. The fraction of sp³-hybridized carbons (Fsp3) is 0.278. The number of rotatable bonds is 14. The first-order chi connectivity index (χ1) is 21.6. The van der Waals surface area contributed by atoms with Crippen molar-refractivity contribution in [1.82, 2.24) is 10.2 Å². The Kier molecular flexibility index (Phi) is 11.4. The van der Waals surface area contributed by atoms with Crippen molar-refractivity contribution in [1.29, 1.82) is 0 Å². The zero-order valence-corrected chi connectivity index (χ0v) is 27.0. The summed E-state index contributed by atoms with van der Waals surface area (Å²) in [6, 6.07) is 30.8. The third-order valence-corrected chi connectivity index (χ3v) is 9.36. The fourth-order valence-electron chi connectivity index (χ4n) is 4.81. The van der Waals surface area contributed by atoms with Gasteiger partial charge in [0.15, 0.2) is 0 Å². The molecular formula is C36H41N3O5S. The molecule has 0 aromatic heterocycles. The van der Waals surface area contributed by atoms with Gasteiger partial charge < -0.3 is 15.0 Å². The standard InChI is InChI=1S/C36H41N3O5S/c1-5-28(4)37-36(41)34(6-2)38(25-29-13-9-7-10-14-29)35(40)26-39(45(42,43)33-23-17-27(3)18-24-33)30-19-21-32(22-20-30)44-31-15-11-8-12-16-31/h7-24,28,34H,5-6,25-26H2,1-4H3,(H,37,41)/t28-,34-/m1/s1. The second-order valence-corrected chi connectivity index (χ2v) is 12.8. The van der Waals surface area contributed by atoms with Crippen molar-refractivity contribution in [3.8, 4) is 11.5 Å². The molecule has 4 aromatic carbocycles. The molecule has 0 spiro atoms.